The average molecular weight is 405 g/mol. The Morgan fingerprint density at radius 2 is 2.07 bits per heavy atom. The fraction of sp³-hybridized carbons (Fsp3) is 0.650. The molecule has 0 atom stereocenters. The van der Waals surface area contributed by atoms with E-state index in [1.807, 2.05) is 18.3 Å². The van der Waals surface area contributed by atoms with Crippen LogP contribution in [-0.2, 0) is 30.6 Å². The molecule has 0 unspecified atom stereocenters. The first-order chi connectivity index (χ1) is 13.2. The summed E-state index contributed by atoms with van der Waals surface area (Å²) in [4.78, 5) is 25.7. The van der Waals surface area contributed by atoms with Crippen molar-refractivity contribution >= 4 is 28.6 Å². The summed E-state index contributed by atoms with van der Waals surface area (Å²) in [5, 5.41) is 7.61. The highest BCUT2D eigenvalue weighted by atomic mass is 32.1. The van der Waals surface area contributed by atoms with Gasteiger partial charge in [0.15, 0.2) is 0 Å². The Balaban J connectivity index is 1.18. The molecule has 1 fully saturated rings. The van der Waals surface area contributed by atoms with Gasteiger partial charge in [0.2, 0.25) is 5.91 Å². The Hall–Kier alpha value is -1.31. The Bertz CT molecular complexity index is 753. The van der Waals surface area contributed by atoms with Crippen molar-refractivity contribution in [2.45, 2.75) is 58.4 Å². The van der Waals surface area contributed by atoms with Crippen molar-refractivity contribution in [1.29, 1.82) is 0 Å². The number of amides is 1. The van der Waals surface area contributed by atoms with Crippen LogP contribution in [0.4, 0.5) is 0 Å². The summed E-state index contributed by atoms with van der Waals surface area (Å²) in [5.74, 6) is 0.378. The van der Waals surface area contributed by atoms with Crippen LogP contribution in [0.25, 0.3) is 0 Å². The predicted molar refractivity (Wildman–Crippen MR) is 110 cm³/mol. The van der Waals surface area contributed by atoms with Crippen LogP contribution in [0.3, 0.4) is 0 Å². The molecule has 2 aliphatic rings. The topological polar surface area (TPSA) is 58.1 Å². The molecule has 146 valence electrons. The molecule has 4 rings (SSSR count). The quantitative estimate of drug-likeness (QED) is 0.802. The molecule has 7 heteroatoms. The minimum atomic E-state index is 0.155. The summed E-state index contributed by atoms with van der Waals surface area (Å²) < 4.78 is 0. The van der Waals surface area contributed by atoms with E-state index in [9.17, 15) is 4.79 Å². The number of hydrogen-bond donors (Lipinski definition) is 1. The Morgan fingerprint density at radius 1 is 1.26 bits per heavy atom. The van der Waals surface area contributed by atoms with E-state index in [1.165, 1.54) is 34.8 Å². The van der Waals surface area contributed by atoms with Crippen molar-refractivity contribution in [3.63, 3.8) is 0 Å². The lowest BCUT2D eigenvalue weighted by atomic mass is 9.96. The van der Waals surface area contributed by atoms with E-state index in [1.54, 1.807) is 11.3 Å². The van der Waals surface area contributed by atoms with Crippen molar-refractivity contribution in [3.05, 3.63) is 31.7 Å². The Kier molecular flexibility index (Phi) is 6.20. The lowest BCUT2D eigenvalue weighted by Crippen LogP contribution is -2.40. The van der Waals surface area contributed by atoms with Gasteiger partial charge in [0.1, 0.15) is 0 Å². The highest BCUT2D eigenvalue weighted by molar-refractivity contribution is 7.11. The van der Waals surface area contributed by atoms with Gasteiger partial charge in [0, 0.05) is 35.7 Å². The molecular formula is C20H28N4OS2. The van der Waals surface area contributed by atoms with Gasteiger partial charge in [-0.05, 0) is 58.5 Å². The number of thiazole rings is 2. The van der Waals surface area contributed by atoms with Crippen LogP contribution >= 0.6 is 22.7 Å². The molecule has 0 bridgehead atoms. The number of nitrogens with one attached hydrogen (secondary N) is 1. The molecule has 2 aromatic heterocycles. The second-order valence-electron chi connectivity index (χ2n) is 7.63. The van der Waals surface area contributed by atoms with Gasteiger partial charge in [-0.2, -0.15) is 0 Å². The fourth-order valence-corrected chi connectivity index (χ4v) is 5.77. The van der Waals surface area contributed by atoms with E-state index in [2.05, 4.69) is 20.6 Å². The third-order valence-electron chi connectivity index (χ3n) is 5.54. The number of nitrogens with zero attached hydrogens (tertiary/aromatic N) is 3. The fourth-order valence-electron chi connectivity index (χ4n) is 4.01. The Morgan fingerprint density at radius 3 is 2.81 bits per heavy atom. The van der Waals surface area contributed by atoms with E-state index < -0.39 is 0 Å². The highest BCUT2D eigenvalue weighted by Crippen LogP contribution is 2.27. The van der Waals surface area contributed by atoms with E-state index in [4.69, 9.17) is 4.98 Å². The molecule has 5 nitrogen and oxygen atoms in total. The van der Waals surface area contributed by atoms with Crippen molar-refractivity contribution in [2.24, 2.45) is 5.92 Å². The number of likely N-dealkylation sites (tertiary alicyclic amines) is 1. The summed E-state index contributed by atoms with van der Waals surface area (Å²) >= 11 is 3.56. The molecule has 1 saturated heterocycles. The zero-order valence-electron chi connectivity index (χ0n) is 16.0. The van der Waals surface area contributed by atoms with Crippen molar-refractivity contribution in [1.82, 2.24) is 20.2 Å². The molecule has 1 N–H and O–H groups in total. The first kappa shape index (κ1) is 19.0. The number of carbonyl (C=O) groups excluding carboxylic acids is 1. The average Bonchev–Trinajstić information content (AvgIpc) is 3.27. The smallest absolute Gasteiger partial charge is 0.223 e. The molecule has 0 radical (unpaired) electrons. The molecular weight excluding hydrogens is 376 g/mol. The number of hydrogen-bond acceptors (Lipinski definition) is 6. The number of aryl methyl sites for hydroxylation is 3. The first-order valence-electron chi connectivity index (χ1n) is 10.1. The molecule has 0 spiro atoms. The molecule has 1 amide bonds. The maximum atomic E-state index is 12.5. The monoisotopic (exact) mass is 404 g/mol. The summed E-state index contributed by atoms with van der Waals surface area (Å²) in [6, 6.07) is 0. The predicted octanol–water partition coefficient (Wildman–Crippen LogP) is 3.36. The molecule has 1 aliphatic heterocycles. The first-order valence-corrected chi connectivity index (χ1v) is 11.8. The number of piperidine rings is 1. The van der Waals surface area contributed by atoms with Gasteiger partial charge >= 0.3 is 0 Å². The van der Waals surface area contributed by atoms with Crippen LogP contribution in [0.5, 0.6) is 0 Å². The van der Waals surface area contributed by atoms with Gasteiger partial charge in [-0.15, -0.1) is 22.7 Å². The lowest BCUT2D eigenvalue weighted by molar-refractivity contribution is -0.126. The van der Waals surface area contributed by atoms with E-state index in [0.29, 0.717) is 6.54 Å². The third-order valence-corrected chi connectivity index (χ3v) is 7.58. The molecule has 2 aromatic rings. The molecule has 3 heterocycles. The van der Waals surface area contributed by atoms with Crippen LogP contribution in [0.1, 0.15) is 52.0 Å². The zero-order valence-corrected chi connectivity index (χ0v) is 17.6. The summed E-state index contributed by atoms with van der Waals surface area (Å²) in [6.07, 6.45) is 7.65. The molecule has 1 aliphatic carbocycles. The number of fused-ring (bicyclic) bond motifs is 1. The maximum Gasteiger partial charge on any atom is 0.223 e. The van der Waals surface area contributed by atoms with Gasteiger partial charge in [-0.3, -0.25) is 9.69 Å². The van der Waals surface area contributed by atoms with Gasteiger partial charge in [0.25, 0.3) is 0 Å². The van der Waals surface area contributed by atoms with Gasteiger partial charge in [-0.1, -0.05) is 0 Å². The normalized spacial score (nSPS) is 18.4. The minimum absolute atomic E-state index is 0.155. The van der Waals surface area contributed by atoms with Crippen molar-refractivity contribution in [3.8, 4) is 0 Å². The van der Waals surface area contributed by atoms with Crippen molar-refractivity contribution < 1.29 is 4.79 Å². The van der Waals surface area contributed by atoms with Crippen molar-refractivity contribution in [2.75, 3.05) is 19.6 Å². The standard InChI is InChI=1S/C20H28N4OS2/c1-14-22-16(13-26-14)12-24-10-7-15(8-11-24)20(25)21-9-6-19-23-17-4-2-3-5-18(17)27-19/h13,15H,2-12H2,1H3,(H,21,25). The second-order valence-corrected chi connectivity index (χ2v) is 9.86. The summed E-state index contributed by atoms with van der Waals surface area (Å²) in [7, 11) is 0. The van der Waals surface area contributed by atoms with E-state index in [-0.39, 0.29) is 11.8 Å². The SMILES string of the molecule is Cc1nc(CN2CCC(C(=O)NCCc3nc4c(s3)CCCC4)CC2)cs1. The number of aromatic nitrogens is 2. The second kappa shape index (κ2) is 8.80. The zero-order chi connectivity index (χ0) is 18.6. The van der Waals surface area contributed by atoms with Crippen LogP contribution in [0, 0.1) is 12.8 Å². The van der Waals surface area contributed by atoms with Gasteiger partial charge < -0.3 is 5.32 Å². The summed E-state index contributed by atoms with van der Waals surface area (Å²) in [5.41, 5.74) is 2.47. The number of carbonyl (C=O) groups is 1. The van der Waals surface area contributed by atoms with E-state index >= 15 is 0 Å². The molecule has 0 aromatic carbocycles. The number of rotatable bonds is 6. The van der Waals surface area contributed by atoms with Gasteiger partial charge in [0.05, 0.1) is 21.4 Å². The van der Waals surface area contributed by atoms with Crippen LogP contribution < -0.4 is 5.32 Å². The Labute approximate surface area is 169 Å². The maximum absolute atomic E-state index is 12.5. The third kappa shape index (κ3) is 4.95. The molecule has 0 saturated carbocycles. The minimum Gasteiger partial charge on any atom is -0.355 e. The largest absolute Gasteiger partial charge is 0.355 e. The highest BCUT2D eigenvalue weighted by Gasteiger charge is 2.25. The van der Waals surface area contributed by atoms with Crippen LogP contribution in [-0.4, -0.2) is 40.4 Å². The van der Waals surface area contributed by atoms with Crippen LogP contribution in [0.15, 0.2) is 5.38 Å². The molecule has 27 heavy (non-hydrogen) atoms. The van der Waals surface area contributed by atoms with Gasteiger partial charge in [-0.25, -0.2) is 9.97 Å². The van der Waals surface area contributed by atoms with Crippen LogP contribution in [0.2, 0.25) is 0 Å². The van der Waals surface area contributed by atoms with E-state index in [0.717, 1.165) is 56.0 Å². The summed E-state index contributed by atoms with van der Waals surface area (Å²) in [6.45, 7) is 5.63. The lowest BCUT2D eigenvalue weighted by Gasteiger charge is -2.30.